The van der Waals surface area contributed by atoms with Crippen molar-refractivity contribution < 1.29 is 5.11 Å². The molecule has 168 valence electrons. The maximum absolute atomic E-state index is 10.1. The van der Waals surface area contributed by atoms with E-state index >= 15 is 0 Å². The molecule has 1 heterocycles. The van der Waals surface area contributed by atoms with E-state index < -0.39 is 0 Å². The zero-order chi connectivity index (χ0) is 21.8. The van der Waals surface area contributed by atoms with Crippen LogP contribution in [-0.4, -0.2) is 48.3 Å². The second kappa shape index (κ2) is 10.4. The summed E-state index contributed by atoms with van der Waals surface area (Å²) in [7, 11) is 0. The SMILES string of the molecule is CC(Nc1cccc(N2CCN(C3CCCCC3)C(CO)C2)c1)c1ccc(Cl)cc1Cl. The quantitative estimate of drug-likeness (QED) is 0.554. The Labute approximate surface area is 196 Å². The highest BCUT2D eigenvalue weighted by Crippen LogP contribution is 2.31. The van der Waals surface area contributed by atoms with Gasteiger partial charge in [-0.1, -0.05) is 54.6 Å². The molecule has 0 amide bonds. The number of aliphatic hydroxyl groups is 1. The molecule has 1 saturated heterocycles. The monoisotopic (exact) mass is 461 g/mol. The Hall–Kier alpha value is -1.46. The van der Waals surface area contributed by atoms with Crippen molar-refractivity contribution in [1.29, 1.82) is 0 Å². The Morgan fingerprint density at radius 1 is 1.06 bits per heavy atom. The number of rotatable bonds is 6. The van der Waals surface area contributed by atoms with Crippen molar-refractivity contribution in [2.45, 2.75) is 57.2 Å². The van der Waals surface area contributed by atoms with Crippen molar-refractivity contribution in [3.8, 4) is 0 Å². The van der Waals surface area contributed by atoms with Crippen LogP contribution in [0.15, 0.2) is 42.5 Å². The molecule has 31 heavy (non-hydrogen) atoms. The molecule has 6 heteroatoms. The summed E-state index contributed by atoms with van der Waals surface area (Å²) in [4.78, 5) is 4.98. The smallest absolute Gasteiger partial charge is 0.0604 e. The largest absolute Gasteiger partial charge is 0.395 e. The summed E-state index contributed by atoms with van der Waals surface area (Å²) in [6, 6.07) is 15.1. The number of benzene rings is 2. The fourth-order valence-corrected chi connectivity index (χ4v) is 5.70. The summed E-state index contributed by atoms with van der Waals surface area (Å²) >= 11 is 12.4. The van der Waals surface area contributed by atoms with Crippen LogP contribution in [0.1, 0.15) is 50.6 Å². The summed E-state index contributed by atoms with van der Waals surface area (Å²) in [6.45, 7) is 5.21. The van der Waals surface area contributed by atoms with Gasteiger partial charge >= 0.3 is 0 Å². The molecule has 2 aromatic carbocycles. The van der Waals surface area contributed by atoms with Gasteiger partial charge in [0.1, 0.15) is 0 Å². The zero-order valence-electron chi connectivity index (χ0n) is 18.2. The molecule has 2 atom stereocenters. The van der Waals surface area contributed by atoms with Gasteiger partial charge in [-0.2, -0.15) is 0 Å². The molecule has 2 aliphatic rings. The van der Waals surface area contributed by atoms with E-state index in [1.165, 1.54) is 37.8 Å². The Kier molecular flexibility index (Phi) is 7.65. The van der Waals surface area contributed by atoms with Crippen molar-refractivity contribution in [2.24, 2.45) is 0 Å². The maximum atomic E-state index is 10.1. The minimum atomic E-state index is 0.0633. The van der Waals surface area contributed by atoms with Gasteiger partial charge in [0.2, 0.25) is 0 Å². The van der Waals surface area contributed by atoms with E-state index in [9.17, 15) is 5.11 Å². The molecule has 0 aromatic heterocycles. The van der Waals surface area contributed by atoms with Crippen molar-refractivity contribution in [3.63, 3.8) is 0 Å². The van der Waals surface area contributed by atoms with E-state index in [2.05, 4.69) is 46.3 Å². The summed E-state index contributed by atoms with van der Waals surface area (Å²) in [5.41, 5.74) is 3.28. The molecule has 2 aromatic rings. The third-order valence-electron chi connectivity index (χ3n) is 6.81. The number of nitrogens with zero attached hydrogens (tertiary/aromatic N) is 2. The summed E-state index contributed by atoms with van der Waals surface area (Å²) in [5, 5.41) is 15.0. The highest BCUT2D eigenvalue weighted by molar-refractivity contribution is 6.35. The first kappa shape index (κ1) is 22.7. The van der Waals surface area contributed by atoms with Gasteiger partial charge < -0.3 is 15.3 Å². The molecule has 1 saturated carbocycles. The van der Waals surface area contributed by atoms with E-state index in [0.29, 0.717) is 16.1 Å². The van der Waals surface area contributed by atoms with Crippen LogP contribution < -0.4 is 10.2 Å². The molecule has 0 bridgehead atoms. The van der Waals surface area contributed by atoms with Gasteiger partial charge in [-0.25, -0.2) is 0 Å². The highest BCUT2D eigenvalue weighted by atomic mass is 35.5. The topological polar surface area (TPSA) is 38.7 Å². The average molecular weight is 462 g/mol. The fraction of sp³-hybridized carbons (Fsp3) is 0.520. The summed E-state index contributed by atoms with van der Waals surface area (Å²) in [6.07, 6.45) is 6.57. The van der Waals surface area contributed by atoms with Gasteiger partial charge in [0.15, 0.2) is 0 Å². The Bertz CT molecular complexity index is 872. The molecule has 2 fully saturated rings. The molecule has 0 spiro atoms. The van der Waals surface area contributed by atoms with Crippen LogP contribution in [0.5, 0.6) is 0 Å². The zero-order valence-corrected chi connectivity index (χ0v) is 19.7. The van der Waals surface area contributed by atoms with Gasteiger partial charge in [0, 0.05) is 53.1 Å². The number of hydrogen-bond donors (Lipinski definition) is 2. The van der Waals surface area contributed by atoms with Gasteiger partial charge in [-0.15, -0.1) is 0 Å². The van der Waals surface area contributed by atoms with Crippen LogP contribution in [0.4, 0.5) is 11.4 Å². The van der Waals surface area contributed by atoms with E-state index in [-0.39, 0.29) is 18.7 Å². The second-order valence-corrected chi connectivity index (χ2v) is 9.74. The molecule has 4 nitrogen and oxygen atoms in total. The van der Waals surface area contributed by atoms with E-state index in [1.54, 1.807) is 6.07 Å². The van der Waals surface area contributed by atoms with Gasteiger partial charge in [0.25, 0.3) is 0 Å². The molecule has 2 unspecified atom stereocenters. The lowest BCUT2D eigenvalue weighted by molar-refractivity contribution is 0.0557. The minimum absolute atomic E-state index is 0.0633. The number of hydrogen-bond acceptors (Lipinski definition) is 4. The predicted molar refractivity (Wildman–Crippen MR) is 132 cm³/mol. The number of halogens is 2. The van der Waals surface area contributed by atoms with Crippen LogP contribution in [0.2, 0.25) is 10.0 Å². The molecule has 1 aliphatic carbocycles. The van der Waals surface area contributed by atoms with Gasteiger partial charge in [-0.05, 0) is 55.7 Å². The fourth-order valence-electron chi connectivity index (χ4n) is 5.13. The molecule has 1 aliphatic heterocycles. The van der Waals surface area contributed by atoms with Crippen LogP contribution in [0.3, 0.4) is 0 Å². The lowest BCUT2D eigenvalue weighted by Gasteiger charge is -2.46. The molecular formula is C25H33Cl2N3O. The standard InChI is InChI=1S/C25H33Cl2N3O/c1-18(24-11-10-19(26)14-25(24)27)28-20-6-5-9-22(15-20)29-12-13-30(23(16-29)17-31)21-7-3-2-4-8-21/h5-6,9-11,14-15,18,21,23,28,31H,2-4,7-8,12-13,16-17H2,1H3. The number of piperazine rings is 1. The molecular weight excluding hydrogens is 429 g/mol. The second-order valence-electron chi connectivity index (χ2n) is 8.89. The number of aliphatic hydroxyl groups excluding tert-OH is 1. The normalized spacial score (nSPS) is 21.8. The van der Waals surface area contributed by atoms with Gasteiger partial charge in [-0.3, -0.25) is 4.90 Å². The summed E-state index contributed by atoms with van der Waals surface area (Å²) < 4.78 is 0. The summed E-state index contributed by atoms with van der Waals surface area (Å²) in [5.74, 6) is 0. The first-order chi connectivity index (χ1) is 15.0. The van der Waals surface area contributed by atoms with Crippen molar-refractivity contribution in [2.75, 3.05) is 36.5 Å². The predicted octanol–water partition coefficient (Wildman–Crippen LogP) is 5.98. The van der Waals surface area contributed by atoms with Crippen molar-refractivity contribution >= 4 is 34.6 Å². The molecule has 2 N–H and O–H groups in total. The number of nitrogens with one attached hydrogen (secondary N) is 1. The lowest BCUT2D eigenvalue weighted by atomic mass is 9.92. The average Bonchev–Trinajstić information content (AvgIpc) is 2.79. The minimum Gasteiger partial charge on any atom is -0.395 e. The maximum Gasteiger partial charge on any atom is 0.0604 e. The van der Waals surface area contributed by atoms with Crippen molar-refractivity contribution in [3.05, 3.63) is 58.1 Å². The molecule has 4 rings (SSSR count). The Balaban J connectivity index is 1.43. The van der Waals surface area contributed by atoms with E-state index in [4.69, 9.17) is 23.2 Å². The van der Waals surface area contributed by atoms with Gasteiger partial charge in [0.05, 0.1) is 12.6 Å². The highest BCUT2D eigenvalue weighted by Gasteiger charge is 2.32. The Morgan fingerprint density at radius 3 is 2.61 bits per heavy atom. The van der Waals surface area contributed by atoms with E-state index in [1.807, 2.05) is 12.1 Å². The van der Waals surface area contributed by atoms with Crippen LogP contribution in [0.25, 0.3) is 0 Å². The number of anilines is 2. The van der Waals surface area contributed by atoms with E-state index in [0.717, 1.165) is 30.9 Å². The third kappa shape index (κ3) is 5.48. The first-order valence-corrected chi connectivity index (χ1v) is 12.2. The van der Waals surface area contributed by atoms with Crippen LogP contribution in [-0.2, 0) is 0 Å². The van der Waals surface area contributed by atoms with Crippen molar-refractivity contribution in [1.82, 2.24) is 4.90 Å². The Morgan fingerprint density at radius 2 is 1.87 bits per heavy atom. The molecule has 0 radical (unpaired) electrons. The van der Waals surface area contributed by atoms with Crippen LogP contribution >= 0.6 is 23.2 Å². The third-order valence-corrected chi connectivity index (χ3v) is 7.37. The lowest BCUT2D eigenvalue weighted by Crippen LogP contribution is -2.58. The van der Waals surface area contributed by atoms with Crippen LogP contribution in [0, 0.1) is 0 Å². The first-order valence-electron chi connectivity index (χ1n) is 11.5.